The highest BCUT2D eigenvalue weighted by Gasteiger charge is 2.31. The molecule has 1 aromatic rings. The first-order valence-electron chi connectivity index (χ1n) is 6.35. The number of phenols is 1. The molecule has 4 N–H and O–H groups in total. The number of aromatic hydroxyl groups is 1. The molecule has 0 aromatic heterocycles. The number of phenolic OH excluding ortho intramolecular Hbond substituents is 1. The summed E-state index contributed by atoms with van der Waals surface area (Å²) < 4.78 is 5.11. The van der Waals surface area contributed by atoms with Crippen LogP contribution in [0.3, 0.4) is 0 Å². The van der Waals surface area contributed by atoms with Crippen LogP contribution in [0.4, 0.5) is 0 Å². The van der Waals surface area contributed by atoms with Crippen molar-refractivity contribution in [3.05, 3.63) is 35.0 Å². The van der Waals surface area contributed by atoms with Crippen molar-refractivity contribution in [1.82, 2.24) is 16.0 Å². The van der Waals surface area contributed by atoms with Crippen LogP contribution in [-0.4, -0.2) is 30.3 Å². The molecule has 0 aliphatic carbocycles. The number of ether oxygens (including phenoxy) is 1. The van der Waals surface area contributed by atoms with Crippen LogP contribution in [0.1, 0.15) is 18.5 Å². The standard InChI is InChI=1S/C14H17N3O3S/c1-7-10(13(19)15-2)11(17-14(21)16-7)8-5-4-6-9(20-3)12(8)18/h4-6,11,18H,1-3H3,(H,15,19)(H2,16,17,21). The number of rotatable bonds is 3. The van der Waals surface area contributed by atoms with Crippen molar-refractivity contribution in [1.29, 1.82) is 0 Å². The van der Waals surface area contributed by atoms with Crippen molar-refractivity contribution in [3.8, 4) is 11.5 Å². The fourth-order valence-corrected chi connectivity index (χ4v) is 2.57. The molecule has 1 heterocycles. The Hall–Kier alpha value is -2.28. The lowest BCUT2D eigenvalue weighted by atomic mass is 9.94. The Bertz CT molecular complexity index is 628. The Morgan fingerprint density at radius 3 is 2.81 bits per heavy atom. The molecule has 2 rings (SSSR count). The number of allylic oxidation sites excluding steroid dienone is 1. The highest BCUT2D eigenvalue weighted by atomic mass is 32.1. The van der Waals surface area contributed by atoms with Gasteiger partial charge in [0.05, 0.1) is 18.7 Å². The zero-order valence-corrected chi connectivity index (χ0v) is 12.8. The zero-order chi connectivity index (χ0) is 15.6. The van der Waals surface area contributed by atoms with E-state index in [0.717, 1.165) is 0 Å². The zero-order valence-electron chi connectivity index (χ0n) is 12.0. The lowest BCUT2D eigenvalue weighted by Gasteiger charge is -2.30. The van der Waals surface area contributed by atoms with Crippen LogP contribution >= 0.6 is 12.2 Å². The van der Waals surface area contributed by atoms with Gasteiger partial charge in [-0.2, -0.15) is 0 Å². The molecule has 21 heavy (non-hydrogen) atoms. The second kappa shape index (κ2) is 6.01. The predicted octanol–water partition coefficient (Wildman–Crippen LogP) is 0.940. The summed E-state index contributed by atoms with van der Waals surface area (Å²) in [7, 11) is 3.03. The van der Waals surface area contributed by atoms with Gasteiger partial charge in [0, 0.05) is 18.3 Å². The van der Waals surface area contributed by atoms with E-state index in [1.807, 2.05) is 0 Å². The van der Waals surface area contributed by atoms with E-state index in [9.17, 15) is 9.90 Å². The third-order valence-corrected chi connectivity index (χ3v) is 3.52. The van der Waals surface area contributed by atoms with Gasteiger partial charge in [0.1, 0.15) is 0 Å². The van der Waals surface area contributed by atoms with Gasteiger partial charge in [0.25, 0.3) is 5.91 Å². The average Bonchev–Trinajstić information content (AvgIpc) is 2.46. The summed E-state index contributed by atoms with van der Waals surface area (Å²) in [5, 5.41) is 19.2. The lowest BCUT2D eigenvalue weighted by Crippen LogP contribution is -2.46. The van der Waals surface area contributed by atoms with Crippen LogP contribution in [0.25, 0.3) is 0 Å². The number of hydrogen-bond donors (Lipinski definition) is 4. The van der Waals surface area contributed by atoms with Crippen molar-refractivity contribution in [2.24, 2.45) is 0 Å². The molecule has 1 aliphatic rings. The Morgan fingerprint density at radius 2 is 2.19 bits per heavy atom. The Labute approximate surface area is 128 Å². The third kappa shape index (κ3) is 2.78. The van der Waals surface area contributed by atoms with Crippen molar-refractivity contribution in [2.75, 3.05) is 14.2 Å². The number of methoxy groups -OCH3 is 1. The molecule has 0 saturated carbocycles. The summed E-state index contributed by atoms with van der Waals surface area (Å²) in [6, 6.07) is 4.57. The number of amides is 1. The first-order valence-corrected chi connectivity index (χ1v) is 6.76. The second-order valence-corrected chi connectivity index (χ2v) is 4.96. The molecular weight excluding hydrogens is 290 g/mol. The van der Waals surface area contributed by atoms with Gasteiger partial charge in [-0.15, -0.1) is 0 Å². The van der Waals surface area contributed by atoms with Gasteiger partial charge in [-0.3, -0.25) is 4.79 Å². The molecule has 0 radical (unpaired) electrons. The van der Waals surface area contributed by atoms with Crippen molar-refractivity contribution in [2.45, 2.75) is 13.0 Å². The van der Waals surface area contributed by atoms with Crippen LogP contribution in [0.15, 0.2) is 29.5 Å². The molecule has 112 valence electrons. The average molecular weight is 307 g/mol. The molecule has 0 saturated heterocycles. The largest absolute Gasteiger partial charge is 0.504 e. The molecule has 6 nitrogen and oxygen atoms in total. The Balaban J connectivity index is 2.57. The second-order valence-electron chi connectivity index (χ2n) is 4.55. The number of thiocarbonyl (C=S) groups is 1. The summed E-state index contributed by atoms with van der Waals surface area (Å²) >= 11 is 5.14. The molecule has 1 atom stereocenters. The molecule has 0 spiro atoms. The molecule has 1 aromatic carbocycles. The Morgan fingerprint density at radius 1 is 1.48 bits per heavy atom. The fraction of sp³-hybridized carbons (Fsp3) is 0.286. The highest BCUT2D eigenvalue weighted by Crippen LogP contribution is 2.37. The minimum absolute atomic E-state index is 0.0172. The maximum atomic E-state index is 12.1. The lowest BCUT2D eigenvalue weighted by molar-refractivity contribution is -0.117. The fourth-order valence-electron chi connectivity index (χ4n) is 2.30. The number of carbonyl (C=O) groups excluding carboxylic acids is 1. The quantitative estimate of drug-likeness (QED) is 0.622. The maximum Gasteiger partial charge on any atom is 0.251 e. The van der Waals surface area contributed by atoms with Crippen LogP contribution in [0, 0.1) is 0 Å². The molecule has 1 unspecified atom stereocenters. The van der Waals surface area contributed by atoms with E-state index in [1.165, 1.54) is 7.11 Å². The normalized spacial score (nSPS) is 17.9. The first kappa shape index (κ1) is 15.1. The summed E-state index contributed by atoms with van der Waals surface area (Å²) in [5.74, 6) is 0.0753. The van der Waals surface area contributed by atoms with Gasteiger partial charge in [-0.1, -0.05) is 12.1 Å². The smallest absolute Gasteiger partial charge is 0.251 e. The van der Waals surface area contributed by atoms with Gasteiger partial charge in [-0.25, -0.2) is 0 Å². The first-order chi connectivity index (χ1) is 9.99. The van der Waals surface area contributed by atoms with Gasteiger partial charge in [0.2, 0.25) is 0 Å². The summed E-state index contributed by atoms with van der Waals surface area (Å²) in [6.07, 6.45) is 0. The number of hydrogen-bond acceptors (Lipinski definition) is 4. The number of nitrogens with one attached hydrogen (secondary N) is 3. The number of carbonyl (C=O) groups is 1. The molecule has 1 aliphatic heterocycles. The summed E-state index contributed by atoms with van der Waals surface area (Å²) in [4.78, 5) is 12.1. The molecule has 0 bridgehead atoms. The summed E-state index contributed by atoms with van der Waals surface area (Å²) in [5.41, 5.74) is 1.64. The number of para-hydroxylation sites is 1. The number of benzene rings is 1. The summed E-state index contributed by atoms with van der Waals surface area (Å²) in [6.45, 7) is 1.77. The number of likely N-dealkylation sites (N-methyl/N-ethyl adjacent to an activating group) is 1. The molecular formula is C14H17N3O3S. The van der Waals surface area contributed by atoms with Gasteiger partial charge >= 0.3 is 0 Å². The van der Waals surface area contributed by atoms with Crippen molar-refractivity contribution in [3.63, 3.8) is 0 Å². The van der Waals surface area contributed by atoms with Gasteiger partial charge < -0.3 is 25.8 Å². The van der Waals surface area contributed by atoms with E-state index in [0.29, 0.717) is 27.7 Å². The van der Waals surface area contributed by atoms with Crippen molar-refractivity contribution < 1.29 is 14.6 Å². The van der Waals surface area contributed by atoms with Crippen LogP contribution in [0.5, 0.6) is 11.5 Å². The van der Waals surface area contributed by atoms with Crippen molar-refractivity contribution >= 4 is 23.2 Å². The SMILES string of the molecule is CNC(=O)C1=C(C)NC(=S)NC1c1cccc(OC)c1O. The molecule has 0 fully saturated rings. The minimum Gasteiger partial charge on any atom is -0.504 e. The maximum absolute atomic E-state index is 12.1. The monoisotopic (exact) mass is 307 g/mol. The third-order valence-electron chi connectivity index (χ3n) is 3.30. The highest BCUT2D eigenvalue weighted by molar-refractivity contribution is 7.80. The predicted molar refractivity (Wildman–Crippen MR) is 83.0 cm³/mol. The van der Waals surface area contributed by atoms with E-state index in [2.05, 4.69) is 16.0 Å². The van der Waals surface area contributed by atoms with E-state index < -0.39 is 6.04 Å². The van der Waals surface area contributed by atoms with Gasteiger partial charge in [-0.05, 0) is 25.2 Å². The van der Waals surface area contributed by atoms with E-state index in [4.69, 9.17) is 17.0 Å². The van der Waals surface area contributed by atoms with E-state index >= 15 is 0 Å². The molecule has 1 amide bonds. The van der Waals surface area contributed by atoms with E-state index in [1.54, 1.807) is 32.2 Å². The van der Waals surface area contributed by atoms with Gasteiger partial charge in [0.15, 0.2) is 16.6 Å². The molecule has 7 heteroatoms. The van der Waals surface area contributed by atoms with Crippen LogP contribution in [0.2, 0.25) is 0 Å². The minimum atomic E-state index is -0.547. The Kier molecular flexibility index (Phi) is 4.32. The van der Waals surface area contributed by atoms with E-state index in [-0.39, 0.29) is 11.7 Å². The van der Waals surface area contributed by atoms with Crippen LogP contribution < -0.4 is 20.7 Å². The topological polar surface area (TPSA) is 82.6 Å². The van der Waals surface area contributed by atoms with Crippen LogP contribution in [-0.2, 0) is 4.79 Å².